The second-order valence-electron chi connectivity index (χ2n) is 6.91. The quantitative estimate of drug-likeness (QED) is 0.594. The molecule has 152 valence electrons. The van der Waals surface area contributed by atoms with E-state index in [-0.39, 0.29) is 12.5 Å². The van der Waals surface area contributed by atoms with Crippen molar-refractivity contribution in [3.8, 4) is 11.1 Å². The Labute approximate surface area is 176 Å². The van der Waals surface area contributed by atoms with Crippen molar-refractivity contribution in [3.63, 3.8) is 0 Å². The van der Waals surface area contributed by atoms with Crippen LogP contribution < -0.4 is 10.6 Å². The fraction of sp³-hybridized carbons (Fsp3) is 0.136. The first kappa shape index (κ1) is 19.8. The Hall–Kier alpha value is -3.52. The van der Waals surface area contributed by atoms with Crippen molar-refractivity contribution in [2.75, 3.05) is 6.54 Å². The van der Waals surface area contributed by atoms with Crippen LogP contribution in [-0.4, -0.2) is 29.8 Å². The number of nitrogens with one attached hydrogen (secondary N) is 2. The standard InChI is InChI=1S/C22H18FN3O3S/c23-18-6-5-16-10-26(21(28)19(16)9-18)11-20(25-22(29)24-13-27)15-3-1-14(2-4-15)17-7-8-30-12-17/h1-9,12-13,20H,10-11H2,(H2,24,25,27,29)/t20-/m0/s1. The number of rotatable bonds is 6. The minimum atomic E-state index is -0.660. The lowest BCUT2D eigenvalue weighted by Gasteiger charge is -2.25. The van der Waals surface area contributed by atoms with Crippen molar-refractivity contribution in [2.45, 2.75) is 12.6 Å². The third kappa shape index (κ3) is 4.08. The SMILES string of the molecule is O=CNC(=O)N[C@@H](CN1Cc2ccc(F)cc2C1=O)c1ccc(-c2ccsc2)cc1. The molecule has 4 amide bonds. The fourth-order valence-corrected chi connectivity index (χ4v) is 4.19. The van der Waals surface area contributed by atoms with E-state index < -0.39 is 17.9 Å². The molecule has 0 bridgehead atoms. The van der Waals surface area contributed by atoms with Gasteiger partial charge < -0.3 is 10.2 Å². The van der Waals surface area contributed by atoms with Crippen molar-refractivity contribution < 1.29 is 18.8 Å². The van der Waals surface area contributed by atoms with E-state index in [1.165, 1.54) is 12.1 Å². The molecule has 1 aliphatic rings. The Morgan fingerprint density at radius 1 is 1.17 bits per heavy atom. The van der Waals surface area contributed by atoms with Crippen LogP contribution in [0.1, 0.15) is 27.5 Å². The number of nitrogens with zero attached hydrogens (tertiary/aromatic N) is 1. The fourth-order valence-electron chi connectivity index (χ4n) is 3.53. The Balaban J connectivity index is 1.57. The van der Waals surface area contributed by atoms with Gasteiger partial charge in [0, 0.05) is 18.7 Å². The summed E-state index contributed by atoms with van der Waals surface area (Å²) in [6.45, 7) is 0.508. The summed E-state index contributed by atoms with van der Waals surface area (Å²) in [6.07, 6.45) is 0.297. The molecule has 2 N–H and O–H groups in total. The number of amides is 4. The predicted octanol–water partition coefficient (Wildman–Crippen LogP) is 3.71. The van der Waals surface area contributed by atoms with Gasteiger partial charge >= 0.3 is 6.03 Å². The number of imide groups is 1. The third-order valence-electron chi connectivity index (χ3n) is 5.02. The molecule has 4 rings (SSSR count). The number of hydrogen-bond acceptors (Lipinski definition) is 4. The maximum atomic E-state index is 13.5. The van der Waals surface area contributed by atoms with Gasteiger partial charge in [-0.3, -0.25) is 14.9 Å². The van der Waals surface area contributed by atoms with Gasteiger partial charge in [0.15, 0.2) is 0 Å². The van der Waals surface area contributed by atoms with Crippen molar-refractivity contribution in [3.05, 3.63) is 81.8 Å². The maximum Gasteiger partial charge on any atom is 0.321 e. The predicted molar refractivity (Wildman–Crippen MR) is 111 cm³/mol. The Morgan fingerprint density at radius 3 is 2.67 bits per heavy atom. The van der Waals surface area contributed by atoms with E-state index in [1.54, 1.807) is 22.3 Å². The summed E-state index contributed by atoms with van der Waals surface area (Å²) < 4.78 is 13.5. The number of hydrogen-bond donors (Lipinski definition) is 2. The van der Waals surface area contributed by atoms with Crippen molar-refractivity contribution in [2.24, 2.45) is 0 Å². The van der Waals surface area contributed by atoms with E-state index in [4.69, 9.17) is 0 Å². The van der Waals surface area contributed by atoms with Crippen LogP contribution in [0.2, 0.25) is 0 Å². The van der Waals surface area contributed by atoms with Gasteiger partial charge in [-0.15, -0.1) is 0 Å². The van der Waals surface area contributed by atoms with Gasteiger partial charge in [-0.1, -0.05) is 30.3 Å². The molecule has 6 nitrogen and oxygen atoms in total. The van der Waals surface area contributed by atoms with Crippen LogP contribution in [0.25, 0.3) is 11.1 Å². The zero-order chi connectivity index (χ0) is 21.1. The molecule has 1 aromatic heterocycles. The molecule has 0 aliphatic carbocycles. The van der Waals surface area contributed by atoms with Gasteiger partial charge in [0.25, 0.3) is 5.91 Å². The van der Waals surface area contributed by atoms with E-state index in [0.717, 1.165) is 22.3 Å². The molecular weight excluding hydrogens is 405 g/mol. The lowest BCUT2D eigenvalue weighted by molar-refractivity contribution is -0.108. The number of carbonyl (C=O) groups excluding carboxylic acids is 3. The van der Waals surface area contributed by atoms with Crippen molar-refractivity contribution in [1.29, 1.82) is 0 Å². The summed E-state index contributed by atoms with van der Waals surface area (Å²) in [5, 5.41) is 8.82. The van der Waals surface area contributed by atoms with Crippen LogP contribution in [0, 0.1) is 5.82 Å². The van der Waals surface area contributed by atoms with Crippen LogP contribution in [0.5, 0.6) is 0 Å². The number of carbonyl (C=O) groups is 3. The highest BCUT2D eigenvalue weighted by Crippen LogP contribution is 2.28. The Bertz CT molecular complexity index is 1080. The zero-order valence-corrected chi connectivity index (χ0v) is 16.6. The van der Waals surface area contributed by atoms with E-state index in [0.29, 0.717) is 18.5 Å². The van der Waals surface area contributed by atoms with Crippen molar-refractivity contribution in [1.82, 2.24) is 15.5 Å². The first-order valence-corrected chi connectivity index (χ1v) is 10.2. The molecule has 0 unspecified atom stereocenters. The number of halogens is 1. The van der Waals surface area contributed by atoms with Crippen LogP contribution in [0.15, 0.2) is 59.3 Å². The smallest absolute Gasteiger partial charge is 0.321 e. The van der Waals surface area contributed by atoms with Crippen LogP contribution in [0.3, 0.4) is 0 Å². The Morgan fingerprint density at radius 2 is 1.97 bits per heavy atom. The van der Waals surface area contributed by atoms with Gasteiger partial charge in [-0.2, -0.15) is 11.3 Å². The van der Waals surface area contributed by atoms with Crippen LogP contribution >= 0.6 is 11.3 Å². The third-order valence-corrected chi connectivity index (χ3v) is 5.70. The summed E-state index contributed by atoms with van der Waals surface area (Å²) in [5.41, 5.74) is 3.99. The highest BCUT2D eigenvalue weighted by atomic mass is 32.1. The van der Waals surface area contributed by atoms with E-state index in [2.05, 4.69) is 10.6 Å². The number of urea groups is 1. The van der Waals surface area contributed by atoms with Crippen LogP contribution in [0.4, 0.5) is 9.18 Å². The van der Waals surface area contributed by atoms with Gasteiger partial charge in [0.1, 0.15) is 5.82 Å². The van der Waals surface area contributed by atoms with Crippen LogP contribution in [-0.2, 0) is 11.3 Å². The average Bonchev–Trinajstić information content (AvgIpc) is 3.37. The van der Waals surface area contributed by atoms with Crippen molar-refractivity contribution >= 4 is 29.7 Å². The first-order chi connectivity index (χ1) is 14.5. The summed E-state index contributed by atoms with van der Waals surface area (Å²) in [5.74, 6) is -0.755. The second kappa shape index (κ2) is 8.46. The summed E-state index contributed by atoms with van der Waals surface area (Å²) in [6, 6.07) is 12.6. The molecule has 3 aromatic rings. The molecule has 2 aromatic carbocycles. The normalized spacial score (nSPS) is 13.6. The number of fused-ring (bicyclic) bond motifs is 1. The first-order valence-electron chi connectivity index (χ1n) is 9.26. The lowest BCUT2D eigenvalue weighted by atomic mass is 10.0. The van der Waals surface area contributed by atoms with E-state index in [9.17, 15) is 18.8 Å². The molecule has 1 atom stereocenters. The Kier molecular flexibility index (Phi) is 5.58. The molecule has 0 spiro atoms. The molecular formula is C22H18FN3O3S. The van der Waals surface area contributed by atoms with Gasteiger partial charge in [-0.25, -0.2) is 9.18 Å². The average molecular weight is 423 g/mol. The van der Waals surface area contributed by atoms with Gasteiger partial charge in [-0.05, 0) is 51.2 Å². The van der Waals surface area contributed by atoms with Gasteiger partial charge in [0.05, 0.1) is 6.04 Å². The monoisotopic (exact) mass is 423 g/mol. The number of thiophene rings is 1. The molecule has 30 heavy (non-hydrogen) atoms. The topological polar surface area (TPSA) is 78.5 Å². The highest BCUT2D eigenvalue weighted by molar-refractivity contribution is 7.08. The molecule has 2 heterocycles. The molecule has 8 heteroatoms. The van der Waals surface area contributed by atoms with E-state index >= 15 is 0 Å². The molecule has 1 aliphatic heterocycles. The van der Waals surface area contributed by atoms with E-state index in [1.807, 2.05) is 41.1 Å². The summed E-state index contributed by atoms with van der Waals surface area (Å²) >= 11 is 1.61. The second-order valence-corrected chi connectivity index (χ2v) is 7.69. The zero-order valence-electron chi connectivity index (χ0n) is 15.8. The summed E-state index contributed by atoms with van der Waals surface area (Å²) in [7, 11) is 0. The minimum Gasteiger partial charge on any atom is -0.332 e. The molecule has 0 saturated carbocycles. The highest BCUT2D eigenvalue weighted by Gasteiger charge is 2.30. The molecule has 0 saturated heterocycles. The largest absolute Gasteiger partial charge is 0.332 e. The number of benzene rings is 2. The lowest BCUT2D eigenvalue weighted by Crippen LogP contribution is -2.42. The molecule has 0 radical (unpaired) electrons. The van der Waals surface area contributed by atoms with Gasteiger partial charge in [0.2, 0.25) is 6.41 Å². The molecule has 0 fully saturated rings. The maximum absolute atomic E-state index is 13.5. The summed E-state index contributed by atoms with van der Waals surface area (Å²) in [4.78, 5) is 36.9. The minimum absolute atomic E-state index is 0.180.